The van der Waals surface area contributed by atoms with Crippen LogP contribution in [0.2, 0.25) is 0 Å². The van der Waals surface area contributed by atoms with Crippen LogP contribution in [0.1, 0.15) is 41.0 Å². The SMILES string of the molecule is Cc1cc(C)c([C@@H]2[C@@H]3CCC=C3[C@H](C#N)C(=N)C2(C#N)C#N)c(C)c1. The third-order valence-corrected chi connectivity index (χ3v) is 5.73. The van der Waals surface area contributed by atoms with Crippen LogP contribution in [0.4, 0.5) is 0 Å². The Balaban J connectivity index is 2.33. The van der Waals surface area contributed by atoms with Crippen molar-refractivity contribution in [2.75, 3.05) is 0 Å². The molecule has 0 saturated heterocycles. The Labute approximate surface area is 148 Å². The number of fused-ring (bicyclic) bond motifs is 1. The fourth-order valence-corrected chi connectivity index (χ4v) is 4.83. The van der Waals surface area contributed by atoms with E-state index in [2.05, 4.69) is 30.3 Å². The second kappa shape index (κ2) is 5.87. The van der Waals surface area contributed by atoms with Gasteiger partial charge in [-0.25, -0.2) is 0 Å². The summed E-state index contributed by atoms with van der Waals surface area (Å²) in [4.78, 5) is 0. The van der Waals surface area contributed by atoms with Gasteiger partial charge in [0.1, 0.15) is 5.92 Å². The van der Waals surface area contributed by atoms with Crippen LogP contribution in [0.3, 0.4) is 0 Å². The fraction of sp³-hybridized carbons (Fsp3) is 0.429. The molecule has 1 saturated carbocycles. The number of allylic oxidation sites excluding steroid dienone is 2. The smallest absolute Gasteiger partial charge is 0.189 e. The molecule has 0 aliphatic heterocycles. The van der Waals surface area contributed by atoms with Gasteiger partial charge in [0, 0.05) is 5.92 Å². The molecular weight excluding hydrogens is 308 g/mol. The third-order valence-electron chi connectivity index (χ3n) is 5.73. The van der Waals surface area contributed by atoms with E-state index in [1.54, 1.807) is 0 Å². The van der Waals surface area contributed by atoms with Crippen molar-refractivity contribution in [2.24, 2.45) is 17.3 Å². The van der Waals surface area contributed by atoms with Gasteiger partial charge in [-0.05, 0) is 61.8 Å². The Kier molecular flexibility index (Phi) is 3.98. The van der Waals surface area contributed by atoms with Gasteiger partial charge in [-0.2, -0.15) is 15.8 Å². The van der Waals surface area contributed by atoms with Gasteiger partial charge >= 0.3 is 0 Å². The van der Waals surface area contributed by atoms with Gasteiger partial charge in [-0.15, -0.1) is 0 Å². The average molecular weight is 328 g/mol. The average Bonchev–Trinajstić information content (AvgIpc) is 3.03. The van der Waals surface area contributed by atoms with Crippen molar-refractivity contribution in [1.29, 1.82) is 21.2 Å². The lowest BCUT2D eigenvalue weighted by atomic mass is 9.54. The molecule has 3 atom stereocenters. The molecule has 0 radical (unpaired) electrons. The van der Waals surface area contributed by atoms with Crippen molar-refractivity contribution in [3.05, 3.63) is 46.0 Å². The first kappa shape index (κ1) is 16.9. The fourth-order valence-electron chi connectivity index (χ4n) is 4.83. The third kappa shape index (κ3) is 2.20. The molecule has 0 heterocycles. The van der Waals surface area contributed by atoms with E-state index < -0.39 is 17.3 Å². The first-order chi connectivity index (χ1) is 11.9. The molecule has 1 aromatic rings. The molecule has 2 aliphatic carbocycles. The number of benzene rings is 1. The molecule has 1 N–H and O–H groups in total. The molecule has 0 unspecified atom stereocenters. The van der Waals surface area contributed by atoms with Gasteiger partial charge in [-0.1, -0.05) is 23.8 Å². The number of nitriles is 3. The lowest BCUT2D eigenvalue weighted by molar-refractivity contribution is 0.352. The van der Waals surface area contributed by atoms with Crippen LogP contribution in [-0.4, -0.2) is 5.71 Å². The van der Waals surface area contributed by atoms with E-state index in [1.807, 2.05) is 26.8 Å². The van der Waals surface area contributed by atoms with Crippen LogP contribution in [0.25, 0.3) is 0 Å². The molecule has 1 aromatic carbocycles. The number of nitrogens with zero attached hydrogens (tertiary/aromatic N) is 3. The Hall–Kier alpha value is -2.90. The molecule has 124 valence electrons. The van der Waals surface area contributed by atoms with Gasteiger partial charge in [0.2, 0.25) is 0 Å². The second-order valence-corrected chi connectivity index (χ2v) is 7.19. The summed E-state index contributed by atoms with van der Waals surface area (Å²) >= 11 is 0. The van der Waals surface area contributed by atoms with Crippen LogP contribution in [-0.2, 0) is 0 Å². The van der Waals surface area contributed by atoms with Gasteiger partial charge in [-0.3, -0.25) is 0 Å². The minimum atomic E-state index is -1.59. The highest BCUT2D eigenvalue weighted by molar-refractivity contribution is 6.01. The first-order valence-corrected chi connectivity index (χ1v) is 8.50. The molecule has 0 bridgehead atoms. The summed E-state index contributed by atoms with van der Waals surface area (Å²) in [6, 6.07) is 10.6. The predicted octanol–water partition coefficient (Wildman–Crippen LogP) is 4.24. The van der Waals surface area contributed by atoms with Gasteiger partial charge < -0.3 is 5.41 Å². The molecule has 0 aromatic heterocycles. The molecular formula is C21H20N4. The minimum absolute atomic E-state index is 0.0295. The van der Waals surface area contributed by atoms with Gasteiger partial charge in [0.05, 0.1) is 23.9 Å². The highest BCUT2D eigenvalue weighted by atomic mass is 14.7. The van der Waals surface area contributed by atoms with Crippen LogP contribution in [0.15, 0.2) is 23.8 Å². The summed E-state index contributed by atoms with van der Waals surface area (Å²) < 4.78 is 0. The highest BCUT2D eigenvalue weighted by Crippen LogP contribution is 2.56. The maximum Gasteiger partial charge on any atom is 0.189 e. The van der Waals surface area contributed by atoms with Crippen LogP contribution >= 0.6 is 0 Å². The lowest BCUT2D eigenvalue weighted by Crippen LogP contribution is -2.47. The molecule has 0 spiro atoms. The Bertz CT molecular complexity index is 880. The molecule has 1 fully saturated rings. The van der Waals surface area contributed by atoms with Crippen LogP contribution in [0.5, 0.6) is 0 Å². The van der Waals surface area contributed by atoms with Gasteiger partial charge in [0.15, 0.2) is 5.41 Å². The van der Waals surface area contributed by atoms with Crippen LogP contribution < -0.4 is 0 Å². The van der Waals surface area contributed by atoms with E-state index >= 15 is 0 Å². The quantitative estimate of drug-likeness (QED) is 0.781. The summed E-state index contributed by atoms with van der Waals surface area (Å²) in [6.45, 7) is 6.04. The Morgan fingerprint density at radius 3 is 2.20 bits per heavy atom. The second-order valence-electron chi connectivity index (χ2n) is 7.19. The van der Waals surface area contributed by atoms with E-state index in [1.165, 1.54) is 0 Å². The summed E-state index contributed by atoms with van der Waals surface area (Å²) in [6.07, 6.45) is 3.69. The molecule has 4 heteroatoms. The maximum absolute atomic E-state index is 9.97. The number of nitrogens with one attached hydrogen (secondary N) is 1. The zero-order valence-electron chi connectivity index (χ0n) is 14.7. The van der Waals surface area contributed by atoms with E-state index in [4.69, 9.17) is 5.41 Å². The number of hydrogen-bond donors (Lipinski definition) is 1. The Morgan fingerprint density at radius 1 is 1.08 bits per heavy atom. The standard InChI is InChI=1S/C21H20N4/c1-12-7-13(2)18(14(3)8-12)19-16-6-4-5-15(16)17(9-22)20(25)21(19,10-23)11-24/h5,7-8,16-17,19,25H,4,6H2,1-3H3/t16-,17+,19+/m1/s1. The molecule has 4 nitrogen and oxygen atoms in total. The highest BCUT2D eigenvalue weighted by Gasteiger charge is 2.58. The van der Waals surface area contributed by atoms with Crippen molar-refractivity contribution >= 4 is 5.71 Å². The van der Waals surface area contributed by atoms with E-state index in [0.29, 0.717) is 0 Å². The van der Waals surface area contributed by atoms with Crippen molar-refractivity contribution in [2.45, 2.75) is 39.5 Å². The lowest BCUT2D eigenvalue weighted by Gasteiger charge is -2.43. The van der Waals surface area contributed by atoms with E-state index in [0.717, 1.165) is 40.7 Å². The first-order valence-electron chi connectivity index (χ1n) is 8.50. The number of aryl methyl sites for hydroxylation is 3. The maximum atomic E-state index is 9.97. The number of rotatable bonds is 1. The monoisotopic (exact) mass is 328 g/mol. The summed E-state index contributed by atoms with van der Waals surface area (Å²) in [5.41, 5.74) is 3.51. The molecule has 0 amide bonds. The minimum Gasteiger partial charge on any atom is -0.305 e. The Morgan fingerprint density at radius 2 is 1.68 bits per heavy atom. The van der Waals surface area contributed by atoms with E-state index in [9.17, 15) is 15.8 Å². The van der Waals surface area contributed by atoms with Crippen LogP contribution in [0, 0.1) is 77.4 Å². The largest absolute Gasteiger partial charge is 0.305 e. The van der Waals surface area contributed by atoms with Gasteiger partial charge in [0.25, 0.3) is 0 Å². The zero-order valence-corrected chi connectivity index (χ0v) is 14.7. The topological polar surface area (TPSA) is 95.2 Å². The predicted molar refractivity (Wildman–Crippen MR) is 94.7 cm³/mol. The molecule has 25 heavy (non-hydrogen) atoms. The summed E-state index contributed by atoms with van der Waals surface area (Å²) in [7, 11) is 0. The molecule has 2 aliphatic rings. The summed E-state index contributed by atoms with van der Waals surface area (Å²) in [5, 5.41) is 38.1. The van der Waals surface area contributed by atoms with Crippen molar-refractivity contribution in [3.63, 3.8) is 0 Å². The van der Waals surface area contributed by atoms with Crippen molar-refractivity contribution in [1.82, 2.24) is 0 Å². The normalized spacial score (nSPS) is 26.8. The molecule has 3 rings (SSSR count). The zero-order chi connectivity index (χ0) is 18.4. The number of hydrogen-bond acceptors (Lipinski definition) is 4. The van der Waals surface area contributed by atoms with Crippen molar-refractivity contribution in [3.8, 4) is 18.2 Å². The van der Waals surface area contributed by atoms with Crippen molar-refractivity contribution < 1.29 is 0 Å². The van der Waals surface area contributed by atoms with E-state index in [-0.39, 0.29) is 11.6 Å². The summed E-state index contributed by atoms with van der Waals surface area (Å²) in [5.74, 6) is -1.18.